The van der Waals surface area contributed by atoms with Gasteiger partial charge in [-0.3, -0.25) is 14.9 Å². The topological polar surface area (TPSA) is 142 Å². The maximum absolute atomic E-state index is 12.3. The molecule has 0 aliphatic rings. The molecule has 1 heterocycles. The van der Waals surface area contributed by atoms with E-state index in [1.54, 1.807) is 12.1 Å². The molecular weight excluding hydrogens is 364 g/mol. The van der Waals surface area contributed by atoms with Crippen molar-refractivity contribution in [3.63, 3.8) is 0 Å². The Morgan fingerprint density at radius 3 is 2.77 bits per heavy atom. The predicted molar refractivity (Wildman–Crippen MR) is 93.8 cm³/mol. The molecule has 0 fully saturated rings. The molecule has 0 aliphatic heterocycles. The van der Waals surface area contributed by atoms with Crippen molar-refractivity contribution in [1.29, 1.82) is 0 Å². The van der Waals surface area contributed by atoms with Crippen molar-refractivity contribution in [3.05, 3.63) is 79.2 Å². The van der Waals surface area contributed by atoms with Gasteiger partial charge in [-0.1, -0.05) is 28.9 Å². The number of aliphatic hydroxyl groups excluding tert-OH is 1. The highest BCUT2D eigenvalue weighted by Crippen LogP contribution is 2.22. The van der Waals surface area contributed by atoms with E-state index in [2.05, 4.69) is 15.1 Å². The number of nitro benzene ring substituents is 1. The number of nitro groups is 1. The van der Waals surface area contributed by atoms with Crippen LogP contribution in [0.1, 0.15) is 17.4 Å². The Morgan fingerprint density at radius 2 is 2.08 bits per heavy atom. The second kappa shape index (κ2) is 6.90. The summed E-state index contributed by atoms with van der Waals surface area (Å²) in [6.45, 7) is 0. The number of aliphatic hydroxyl groups is 1. The second-order valence-electron chi connectivity index (χ2n) is 5.32. The first-order chi connectivity index (χ1) is 12.4. The number of nitrogens with zero attached hydrogens (tertiary/aromatic N) is 3. The quantitative estimate of drug-likeness (QED) is 0.277. The molecule has 0 unspecified atom stereocenters. The van der Waals surface area contributed by atoms with E-state index >= 15 is 0 Å². The molecule has 1 atom stereocenters. The van der Waals surface area contributed by atoms with Crippen LogP contribution in [0.5, 0.6) is 0 Å². The lowest BCUT2D eigenvalue weighted by Gasteiger charge is -2.12. The molecule has 1 aromatic heterocycles. The fraction of sp³-hybridized carbons (Fsp3) is 0.0625. The monoisotopic (exact) mass is 374 g/mol. The molecule has 0 spiro atoms. The molecule has 132 valence electrons. The highest BCUT2D eigenvalue weighted by molar-refractivity contribution is 6.31. The number of hydrogen-bond donors (Lipinski definition) is 3. The number of oxime groups is 1. The van der Waals surface area contributed by atoms with Crippen LogP contribution in [0.3, 0.4) is 0 Å². The molecule has 26 heavy (non-hydrogen) atoms. The number of hydrogen-bond acceptors (Lipinski definition) is 7. The predicted octanol–water partition coefficient (Wildman–Crippen LogP) is 2.40. The van der Waals surface area contributed by atoms with Gasteiger partial charge in [-0.2, -0.15) is 0 Å². The molecule has 3 rings (SSSR count). The van der Waals surface area contributed by atoms with Gasteiger partial charge in [0.05, 0.1) is 16.0 Å². The molecule has 0 bridgehead atoms. The summed E-state index contributed by atoms with van der Waals surface area (Å²) in [5.74, 6) is 0. The molecule has 0 saturated carbocycles. The van der Waals surface area contributed by atoms with E-state index in [0.29, 0.717) is 16.1 Å². The van der Waals surface area contributed by atoms with E-state index in [1.165, 1.54) is 24.3 Å². The van der Waals surface area contributed by atoms with Gasteiger partial charge in [-0.05, 0) is 23.8 Å². The highest BCUT2D eigenvalue weighted by atomic mass is 35.5. The minimum Gasteiger partial charge on any atom is -0.410 e. The molecule has 3 N–H and O–H groups in total. The van der Waals surface area contributed by atoms with Crippen molar-refractivity contribution in [2.75, 3.05) is 0 Å². The minimum absolute atomic E-state index is 0.0735. The van der Waals surface area contributed by atoms with Crippen molar-refractivity contribution in [3.8, 4) is 0 Å². The van der Waals surface area contributed by atoms with Crippen LogP contribution in [0, 0.1) is 10.1 Å². The van der Waals surface area contributed by atoms with E-state index < -0.39 is 22.3 Å². The smallest absolute Gasteiger partial charge is 0.276 e. The molecule has 2 aromatic carbocycles. The van der Waals surface area contributed by atoms with Crippen LogP contribution in [0.15, 0.2) is 52.4 Å². The molecule has 0 saturated heterocycles. The van der Waals surface area contributed by atoms with Gasteiger partial charge in [0.1, 0.15) is 11.8 Å². The zero-order chi connectivity index (χ0) is 18.8. The van der Waals surface area contributed by atoms with Crippen LogP contribution < -0.4 is 5.56 Å². The largest absolute Gasteiger partial charge is 0.410 e. The standard InChI is InChI=1S/C16H11ClN4O5/c17-9-4-5-11-12(7-9)19-16(23)14(18-11)13(20-24)15(22)8-2-1-3-10(6-8)21(25)26/h1-7,15,22,24H,(H,19,23)/b20-13-/t15-/m1/s1. The van der Waals surface area contributed by atoms with Crippen LogP contribution in [0.4, 0.5) is 5.69 Å². The van der Waals surface area contributed by atoms with Gasteiger partial charge >= 0.3 is 0 Å². The third kappa shape index (κ3) is 3.25. The molecule has 0 aliphatic carbocycles. The van der Waals surface area contributed by atoms with Crippen LogP contribution in [-0.4, -0.2) is 30.9 Å². The summed E-state index contributed by atoms with van der Waals surface area (Å²) in [5, 5.41) is 34.0. The van der Waals surface area contributed by atoms with Gasteiger partial charge in [0, 0.05) is 17.2 Å². The van der Waals surface area contributed by atoms with E-state index in [0.717, 1.165) is 6.07 Å². The Hall–Kier alpha value is -3.30. The Morgan fingerprint density at radius 1 is 1.31 bits per heavy atom. The molecular formula is C16H11ClN4O5. The lowest BCUT2D eigenvalue weighted by Crippen LogP contribution is -2.25. The third-order valence-corrected chi connectivity index (χ3v) is 3.90. The number of non-ortho nitro benzene ring substituents is 1. The number of aromatic nitrogens is 2. The van der Waals surface area contributed by atoms with Crippen LogP contribution in [0.25, 0.3) is 11.0 Å². The van der Waals surface area contributed by atoms with Crippen molar-refractivity contribution >= 4 is 34.0 Å². The van der Waals surface area contributed by atoms with Gasteiger partial charge in [-0.15, -0.1) is 0 Å². The van der Waals surface area contributed by atoms with Gasteiger partial charge in [0.15, 0.2) is 5.69 Å². The summed E-state index contributed by atoms with van der Waals surface area (Å²) in [5.41, 5.74) is -0.926. The molecule has 10 heteroatoms. The summed E-state index contributed by atoms with van der Waals surface area (Å²) in [6, 6.07) is 9.74. The van der Waals surface area contributed by atoms with Gasteiger partial charge < -0.3 is 15.3 Å². The van der Waals surface area contributed by atoms with E-state index in [1.807, 2.05) is 0 Å². The number of halogens is 1. The normalized spacial score (nSPS) is 12.9. The van der Waals surface area contributed by atoms with Crippen molar-refractivity contribution in [2.45, 2.75) is 6.10 Å². The number of fused-ring (bicyclic) bond motifs is 1. The van der Waals surface area contributed by atoms with Gasteiger partial charge in [-0.25, -0.2) is 4.98 Å². The van der Waals surface area contributed by atoms with E-state index in [9.17, 15) is 25.2 Å². The Balaban J connectivity index is 2.09. The SMILES string of the molecule is O=c1[nH]c2cc(Cl)ccc2nc1/C(=N/O)[C@H](O)c1cccc([N+](=O)[O-])c1. The summed E-state index contributed by atoms with van der Waals surface area (Å²) in [7, 11) is 0. The van der Waals surface area contributed by atoms with Crippen LogP contribution in [-0.2, 0) is 0 Å². The second-order valence-corrected chi connectivity index (χ2v) is 5.75. The number of benzene rings is 2. The van der Waals surface area contributed by atoms with Crippen molar-refractivity contribution in [2.24, 2.45) is 5.16 Å². The van der Waals surface area contributed by atoms with Crippen molar-refractivity contribution < 1.29 is 15.2 Å². The minimum atomic E-state index is -1.60. The first kappa shape index (κ1) is 17.5. The molecule has 0 amide bonds. The maximum atomic E-state index is 12.3. The number of H-pyrrole nitrogens is 1. The average Bonchev–Trinajstić information content (AvgIpc) is 2.62. The average molecular weight is 375 g/mol. The number of rotatable bonds is 4. The van der Waals surface area contributed by atoms with Gasteiger partial charge in [0.2, 0.25) is 0 Å². The molecule has 9 nitrogen and oxygen atoms in total. The zero-order valence-corrected chi connectivity index (χ0v) is 13.7. The fourth-order valence-electron chi connectivity index (χ4n) is 2.43. The third-order valence-electron chi connectivity index (χ3n) is 3.66. The summed E-state index contributed by atoms with van der Waals surface area (Å²) in [4.78, 5) is 29.2. The van der Waals surface area contributed by atoms with Gasteiger partial charge in [0.25, 0.3) is 11.2 Å². The van der Waals surface area contributed by atoms with E-state index in [-0.39, 0.29) is 16.9 Å². The molecule has 0 radical (unpaired) electrons. The van der Waals surface area contributed by atoms with Crippen LogP contribution >= 0.6 is 11.6 Å². The lowest BCUT2D eigenvalue weighted by atomic mass is 10.0. The Labute approximate surface area is 150 Å². The van der Waals surface area contributed by atoms with Crippen molar-refractivity contribution in [1.82, 2.24) is 9.97 Å². The highest BCUT2D eigenvalue weighted by Gasteiger charge is 2.24. The van der Waals surface area contributed by atoms with E-state index in [4.69, 9.17) is 11.6 Å². The van der Waals surface area contributed by atoms with Crippen LogP contribution in [0.2, 0.25) is 5.02 Å². The summed E-state index contributed by atoms with van der Waals surface area (Å²) >= 11 is 5.86. The Kier molecular flexibility index (Phi) is 4.65. The Bertz CT molecular complexity index is 1100. The number of nitrogens with one attached hydrogen (secondary N) is 1. The summed E-state index contributed by atoms with van der Waals surface area (Å²) in [6.07, 6.45) is -1.60. The fourth-order valence-corrected chi connectivity index (χ4v) is 2.60. The zero-order valence-electron chi connectivity index (χ0n) is 13.0. The summed E-state index contributed by atoms with van der Waals surface area (Å²) < 4.78 is 0. The number of aromatic amines is 1. The maximum Gasteiger partial charge on any atom is 0.276 e. The first-order valence-electron chi connectivity index (χ1n) is 7.25. The molecule has 3 aromatic rings. The lowest BCUT2D eigenvalue weighted by molar-refractivity contribution is -0.385. The first-order valence-corrected chi connectivity index (χ1v) is 7.63.